The SMILES string of the molecule is COC(=O)c1ccoc1COC(=O)CCS(=O)(=O)c1ccc(F)cc1. The number of carbonyl (C=O) groups excluding carboxylic acids is 2. The van der Waals surface area contributed by atoms with Gasteiger partial charge >= 0.3 is 11.9 Å². The first kappa shape index (κ1) is 18.7. The molecule has 9 heteroatoms. The average molecular weight is 370 g/mol. The lowest BCUT2D eigenvalue weighted by atomic mass is 10.2. The van der Waals surface area contributed by atoms with Crippen LogP contribution in [0.1, 0.15) is 22.5 Å². The molecule has 0 N–H and O–H groups in total. The Labute approximate surface area is 143 Å². The van der Waals surface area contributed by atoms with Crippen molar-refractivity contribution in [2.75, 3.05) is 12.9 Å². The van der Waals surface area contributed by atoms with E-state index in [0.29, 0.717) is 0 Å². The molecule has 0 aliphatic heterocycles. The van der Waals surface area contributed by atoms with Gasteiger partial charge < -0.3 is 13.9 Å². The molecule has 25 heavy (non-hydrogen) atoms. The molecule has 7 nitrogen and oxygen atoms in total. The maximum absolute atomic E-state index is 12.8. The van der Waals surface area contributed by atoms with Crippen LogP contribution in [0.15, 0.2) is 45.9 Å². The van der Waals surface area contributed by atoms with Crippen LogP contribution in [-0.2, 0) is 30.7 Å². The van der Waals surface area contributed by atoms with Crippen molar-refractivity contribution in [1.82, 2.24) is 0 Å². The van der Waals surface area contributed by atoms with Crippen LogP contribution in [0.2, 0.25) is 0 Å². The number of hydrogen-bond donors (Lipinski definition) is 0. The Morgan fingerprint density at radius 3 is 2.48 bits per heavy atom. The fourth-order valence-corrected chi connectivity index (χ4v) is 3.16. The summed E-state index contributed by atoms with van der Waals surface area (Å²) in [5.74, 6) is -2.36. The first-order valence-corrected chi connectivity index (χ1v) is 8.77. The van der Waals surface area contributed by atoms with Crippen molar-refractivity contribution in [3.8, 4) is 0 Å². The standard InChI is InChI=1S/C16H15FO7S/c1-22-16(19)13-6-8-23-14(13)10-24-15(18)7-9-25(20,21)12-4-2-11(17)3-5-12/h2-6,8H,7,9-10H2,1H3. The number of hydrogen-bond acceptors (Lipinski definition) is 7. The van der Waals surface area contributed by atoms with E-state index in [2.05, 4.69) is 4.74 Å². The predicted octanol–water partition coefficient (Wildman–Crippen LogP) is 2.11. The van der Waals surface area contributed by atoms with E-state index >= 15 is 0 Å². The Morgan fingerprint density at radius 2 is 1.84 bits per heavy atom. The molecule has 0 spiro atoms. The van der Waals surface area contributed by atoms with Gasteiger partial charge in [-0.2, -0.15) is 0 Å². The van der Waals surface area contributed by atoms with E-state index in [1.807, 2.05) is 0 Å². The van der Waals surface area contributed by atoms with Gasteiger partial charge in [0.25, 0.3) is 0 Å². The second-order valence-corrected chi connectivity index (χ2v) is 7.04. The van der Waals surface area contributed by atoms with E-state index in [-0.39, 0.29) is 22.8 Å². The second kappa shape index (κ2) is 7.93. The summed E-state index contributed by atoms with van der Waals surface area (Å²) in [6.45, 7) is -0.327. The van der Waals surface area contributed by atoms with Gasteiger partial charge in [0.1, 0.15) is 18.0 Å². The lowest BCUT2D eigenvalue weighted by Gasteiger charge is -2.06. The number of esters is 2. The Balaban J connectivity index is 1.90. The zero-order valence-corrected chi connectivity index (χ0v) is 14.0. The summed E-state index contributed by atoms with van der Waals surface area (Å²) < 4.78 is 51.4. The minimum absolute atomic E-state index is 0.0827. The first-order chi connectivity index (χ1) is 11.8. The van der Waals surface area contributed by atoms with Gasteiger partial charge in [-0.05, 0) is 30.3 Å². The Morgan fingerprint density at radius 1 is 1.16 bits per heavy atom. The van der Waals surface area contributed by atoms with Gasteiger partial charge in [0.05, 0.1) is 30.4 Å². The highest BCUT2D eigenvalue weighted by atomic mass is 32.2. The number of carbonyl (C=O) groups is 2. The number of ether oxygens (including phenoxy) is 2. The van der Waals surface area contributed by atoms with Crippen molar-refractivity contribution < 1.29 is 36.3 Å². The summed E-state index contributed by atoms with van der Waals surface area (Å²) >= 11 is 0. The molecule has 0 bridgehead atoms. The monoisotopic (exact) mass is 370 g/mol. The summed E-state index contributed by atoms with van der Waals surface area (Å²) in [7, 11) is -2.53. The van der Waals surface area contributed by atoms with Gasteiger partial charge in [-0.1, -0.05) is 0 Å². The molecule has 0 unspecified atom stereocenters. The number of benzene rings is 1. The maximum atomic E-state index is 12.8. The van der Waals surface area contributed by atoms with Crippen molar-refractivity contribution in [3.63, 3.8) is 0 Å². The molecule has 0 saturated carbocycles. The third-order valence-corrected chi connectivity index (χ3v) is 4.99. The van der Waals surface area contributed by atoms with Gasteiger partial charge in [-0.25, -0.2) is 17.6 Å². The van der Waals surface area contributed by atoms with Gasteiger partial charge in [0.15, 0.2) is 15.6 Å². The molecular formula is C16H15FO7S. The molecule has 1 heterocycles. The quantitative estimate of drug-likeness (QED) is 0.543. The van der Waals surface area contributed by atoms with Gasteiger partial charge in [0, 0.05) is 0 Å². The Bertz CT molecular complexity index is 853. The third-order valence-electron chi connectivity index (χ3n) is 3.26. The van der Waals surface area contributed by atoms with E-state index in [0.717, 1.165) is 24.3 Å². The highest BCUT2D eigenvalue weighted by molar-refractivity contribution is 7.91. The number of methoxy groups -OCH3 is 1. The number of furan rings is 1. The molecule has 0 fully saturated rings. The number of halogens is 1. The van der Waals surface area contributed by atoms with Crippen LogP contribution in [0.25, 0.3) is 0 Å². The summed E-state index contributed by atoms with van der Waals surface area (Å²) in [4.78, 5) is 23.1. The molecule has 1 aromatic heterocycles. The van der Waals surface area contributed by atoms with Crippen LogP contribution in [0.4, 0.5) is 4.39 Å². The van der Waals surface area contributed by atoms with Crippen LogP contribution in [0, 0.1) is 5.82 Å². The molecule has 2 rings (SSSR count). The van der Waals surface area contributed by atoms with Crippen molar-refractivity contribution >= 4 is 21.8 Å². The van der Waals surface area contributed by atoms with Gasteiger partial charge in [0.2, 0.25) is 0 Å². The maximum Gasteiger partial charge on any atom is 0.341 e. The highest BCUT2D eigenvalue weighted by Crippen LogP contribution is 2.15. The predicted molar refractivity (Wildman–Crippen MR) is 82.9 cm³/mol. The minimum atomic E-state index is -3.73. The summed E-state index contributed by atoms with van der Waals surface area (Å²) in [6, 6.07) is 5.67. The molecule has 0 saturated heterocycles. The lowest BCUT2D eigenvalue weighted by molar-refractivity contribution is -0.145. The molecule has 0 amide bonds. The average Bonchev–Trinajstić information content (AvgIpc) is 3.06. The molecule has 0 aliphatic carbocycles. The van der Waals surface area contributed by atoms with E-state index < -0.39 is 39.8 Å². The van der Waals surface area contributed by atoms with Gasteiger partial charge in [-0.15, -0.1) is 0 Å². The van der Waals surface area contributed by atoms with Crippen LogP contribution >= 0.6 is 0 Å². The van der Waals surface area contributed by atoms with E-state index in [4.69, 9.17) is 9.15 Å². The topological polar surface area (TPSA) is 99.9 Å². The summed E-state index contributed by atoms with van der Waals surface area (Å²) in [5.41, 5.74) is 0.120. The molecule has 2 aromatic rings. The van der Waals surface area contributed by atoms with E-state index in [1.54, 1.807) is 0 Å². The Hall–Kier alpha value is -2.68. The summed E-state index contributed by atoms with van der Waals surface area (Å²) in [5, 5.41) is 0. The third kappa shape index (κ3) is 4.90. The smallest absolute Gasteiger partial charge is 0.341 e. The zero-order chi connectivity index (χ0) is 18.4. The van der Waals surface area contributed by atoms with Crippen molar-refractivity contribution in [1.29, 1.82) is 0 Å². The van der Waals surface area contributed by atoms with Gasteiger partial charge in [-0.3, -0.25) is 4.79 Å². The first-order valence-electron chi connectivity index (χ1n) is 7.12. The second-order valence-electron chi connectivity index (χ2n) is 4.93. The van der Waals surface area contributed by atoms with Crippen LogP contribution < -0.4 is 0 Å². The fourth-order valence-electron chi connectivity index (χ4n) is 1.94. The molecular weight excluding hydrogens is 355 g/mol. The molecule has 1 aromatic carbocycles. The van der Waals surface area contributed by atoms with E-state index in [9.17, 15) is 22.4 Å². The molecule has 0 radical (unpaired) electrons. The van der Waals surface area contributed by atoms with Crippen LogP contribution in [0.5, 0.6) is 0 Å². The highest BCUT2D eigenvalue weighted by Gasteiger charge is 2.19. The fraction of sp³-hybridized carbons (Fsp3) is 0.250. The molecule has 0 aliphatic rings. The molecule has 0 atom stereocenters. The number of rotatable bonds is 7. The van der Waals surface area contributed by atoms with Crippen LogP contribution in [0.3, 0.4) is 0 Å². The van der Waals surface area contributed by atoms with Crippen molar-refractivity contribution in [2.45, 2.75) is 17.9 Å². The lowest BCUT2D eigenvalue weighted by Crippen LogP contribution is -2.14. The normalized spacial score (nSPS) is 11.1. The van der Waals surface area contributed by atoms with E-state index in [1.165, 1.54) is 19.4 Å². The zero-order valence-electron chi connectivity index (χ0n) is 13.2. The summed E-state index contributed by atoms with van der Waals surface area (Å²) in [6.07, 6.45) is 0.850. The minimum Gasteiger partial charge on any atom is -0.465 e. The Kier molecular flexibility index (Phi) is 5.92. The largest absolute Gasteiger partial charge is 0.465 e. The number of sulfone groups is 1. The van der Waals surface area contributed by atoms with Crippen molar-refractivity contribution in [3.05, 3.63) is 53.7 Å². The molecule has 134 valence electrons. The van der Waals surface area contributed by atoms with Crippen molar-refractivity contribution in [2.24, 2.45) is 0 Å². The van der Waals surface area contributed by atoms with Crippen LogP contribution in [-0.4, -0.2) is 33.2 Å².